The van der Waals surface area contributed by atoms with Gasteiger partial charge in [0, 0.05) is 12.8 Å². The smallest absolute Gasteiger partial charge is 0.305 e. The van der Waals surface area contributed by atoms with Crippen LogP contribution in [0.1, 0.15) is 367 Å². The number of rotatable bonds is 63. The number of hydrogen-bond donors (Lipinski definition) is 3. The Kier molecular flexibility index (Phi) is 63.0. The van der Waals surface area contributed by atoms with Gasteiger partial charge in [-0.25, -0.2) is 0 Å². The van der Waals surface area contributed by atoms with Gasteiger partial charge in [0.2, 0.25) is 5.91 Å². The van der Waals surface area contributed by atoms with E-state index in [-0.39, 0.29) is 18.5 Å². The highest BCUT2D eigenvalue weighted by atomic mass is 16.5. The molecule has 2 atom stereocenters. The molecule has 0 saturated heterocycles. The summed E-state index contributed by atoms with van der Waals surface area (Å²) in [5.41, 5.74) is 0. The van der Waals surface area contributed by atoms with E-state index in [0.717, 1.165) is 51.4 Å². The lowest BCUT2D eigenvalue weighted by atomic mass is 10.0. The van der Waals surface area contributed by atoms with Crippen molar-refractivity contribution in [1.82, 2.24) is 5.32 Å². The van der Waals surface area contributed by atoms with Crippen LogP contribution in [0, 0.1) is 0 Å². The van der Waals surface area contributed by atoms with Crippen LogP contribution in [0.3, 0.4) is 0 Å². The zero-order valence-electron chi connectivity index (χ0n) is 50.5. The molecule has 0 fully saturated rings. The van der Waals surface area contributed by atoms with Crippen molar-refractivity contribution in [2.75, 3.05) is 13.2 Å². The largest absolute Gasteiger partial charge is 0.466 e. The second-order valence-corrected chi connectivity index (χ2v) is 23.2. The minimum atomic E-state index is -0.842. The number of aliphatic hydroxyl groups excluding tert-OH is 2. The highest BCUT2D eigenvalue weighted by Gasteiger charge is 2.18. The molecule has 0 radical (unpaired) electrons. The molecule has 0 aromatic carbocycles. The highest BCUT2D eigenvalue weighted by Crippen LogP contribution is 2.18. The normalized spacial score (nSPS) is 12.7. The number of esters is 1. The summed E-state index contributed by atoms with van der Waals surface area (Å²) in [4.78, 5) is 24.6. The first-order valence-electron chi connectivity index (χ1n) is 33.8. The van der Waals surface area contributed by atoms with Crippen molar-refractivity contribution in [2.24, 2.45) is 0 Å². The summed E-state index contributed by atoms with van der Waals surface area (Å²) in [6.45, 7) is 4.90. The summed E-state index contributed by atoms with van der Waals surface area (Å²) in [7, 11) is 0. The SMILES string of the molecule is CCCCCC/C=C\C/C=C\CCCCCCCCCC(=O)OCCCCCCCCCCCCCCCCCCCCCCCCCCCCCC(=O)NC(CO)C(O)/C=C/CCCCCCCCCCCCC. The van der Waals surface area contributed by atoms with Crippen molar-refractivity contribution in [3.05, 3.63) is 36.5 Å². The molecule has 6 heteroatoms. The van der Waals surface area contributed by atoms with E-state index in [1.807, 2.05) is 6.08 Å². The van der Waals surface area contributed by atoms with Gasteiger partial charge in [0.25, 0.3) is 0 Å². The predicted molar refractivity (Wildman–Crippen MR) is 329 cm³/mol. The van der Waals surface area contributed by atoms with Gasteiger partial charge in [0.05, 0.1) is 25.4 Å². The minimum Gasteiger partial charge on any atom is -0.466 e. The summed E-state index contributed by atoms with van der Waals surface area (Å²) < 4.78 is 5.50. The van der Waals surface area contributed by atoms with Crippen LogP contribution in [0.2, 0.25) is 0 Å². The average molecular weight is 1050 g/mol. The molecule has 0 spiro atoms. The van der Waals surface area contributed by atoms with Crippen molar-refractivity contribution < 1.29 is 24.5 Å². The van der Waals surface area contributed by atoms with Gasteiger partial charge in [-0.05, 0) is 64.2 Å². The first-order valence-corrected chi connectivity index (χ1v) is 33.8. The zero-order chi connectivity index (χ0) is 54.3. The van der Waals surface area contributed by atoms with Crippen LogP contribution in [0.4, 0.5) is 0 Å². The number of ether oxygens (including phenoxy) is 1. The molecule has 0 bridgehead atoms. The van der Waals surface area contributed by atoms with Crippen LogP contribution in [0.15, 0.2) is 36.5 Å². The second kappa shape index (κ2) is 64.6. The Balaban J connectivity index is 3.35. The van der Waals surface area contributed by atoms with E-state index in [1.165, 1.54) is 289 Å². The summed E-state index contributed by atoms with van der Waals surface area (Å²) in [5, 5.41) is 23.1. The third-order valence-electron chi connectivity index (χ3n) is 15.7. The fraction of sp³-hybridized carbons (Fsp3) is 0.884. The third kappa shape index (κ3) is 61.2. The molecular weight excluding hydrogens is 923 g/mol. The van der Waals surface area contributed by atoms with Crippen LogP contribution in [-0.4, -0.2) is 47.4 Å². The zero-order valence-corrected chi connectivity index (χ0v) is 50.5. The maximum absolute atomic E-state index is 12.5. The van der Waals surface area contributed by atoms with E-state index in [2.05, 4.69) is 43.5 Å². The summed E-state index contributed by atoms with van der Waals surface area (Å²) in [6, 6.07) is -0.625. The van der Waals surface area contributed by atoms with E-state index in [9.17, 15) is 19.8 Å². The Labute approximate surface area is 468 Å². The van der Waals surface area contributed by atoms with E-state index >= 15 is 0 Å². The fourth-order valence-electron chi connectivity index (χ4n) is 10.5. The number of carbonyl (C=O) groups is 2. The maximum atomic E-state index is 12.5. The molecule has 0 aromatic rings. The highest BCUT2D eigenvalue weighted by molar-refractivity contribution is 5.76. The Morgan fingerprint density at radius 1 is 0.373 bits per heavy atom. The first kappa shape index (κ1) is 73.1. The van der Waals surface area contributed by atoms with Gasteiger partial charge >= 0.3 is 5.97 Å². The Morgan fingerprint density at radius 3 is 1.03 bits per heavy atom. The van der Waals surface area contributed by atoms with Gasteiger partial charge in [0.1, 0.15) is 0 Å². The first-order chi connectivity index (χ1) is 37.0. The molecule has 6 nitrogen and oxygen atoms in total. The Bertz CT molecular complexity index is 1210. The molecular formula is C69H131NO5. The van der Waals surface area contributed by atoms with Crippen molar-refractivity contribution in [2.45, 2.75) is 379 Å². The van der Waals surface area contributed by atoms with Crippen LogP contribution in [0.25, 0.3) is 0 Å². The summed E-state index contributed by atoms with van der Waals surface area (Å²) >= 11 is 0. The second-order valence-electron chi connectivity index (χ2n) is 23.2. The lowest BCUT2D eigenvalue weighted by molar-refractivity contribution is -0.143. The van der Waals surface area contributed by atoms with Crippen molar-refractivity contribution >= 4 is 11.9 Å². The molecule has 0 aromatic heterocycles. The van der Waals surface area contributed by atoms with Gasteiger partial charge < -0.3 is 20.3 Å². The van der Waals surface area contributed by atoms with E-state index < -0.39 is 12.1 Å². The number of nitrogens with one attached hydrogen (secondary N) is 1. The van der Waals surface area contributed by atoms with E-state index in [1.54, 1.807) is 6.08 Å². The van der Waals surface area contributed by atoms with Crippen LogP contribution in [-0.2, 0) is 14.3 Å². The van der Waals surface area contributed by atoms with Crippen LogP contribution >= 0.6 is 0 Å². The predicted octanol–water partition coefficient (Wildman–Crippen LogP) is 21.5. The minimum absolute atomic E-state index is 0.0105. The quantitative estimate of drug-likeness (QED) is 0.0320. The fourth-order valence-corrected chi connectivity index (χ4v) is 10.5. The Hall–Kier alpha value is -1.92. The van der Waals surface area contributed by atoms with Gasteiger partial charge in [0.15, 0.2) is 0 Å². The summed E-state index contributed by atoms with van der Waals surface area (Å²) in [5.74, 6) is -0.0538. The Morgan fingerprint density at radius 2 is 0.667 bits per heavy atom. The molecule has 0 heterocycles. The van der Waals surface area contributed by atoms with Crippen LogP contribution < -0.4 is 5.32 Å². The number of amides is 1. The summed E-state index contributed by atoms with van der Waals surface area (Å²) in [6.07, 6.45) is 82.1. The van der Waals surface area contributed by atoms with Crippen molar-refractivity contribution in [3.63, 3.8) is 0 Å². The number of unbranched alkanes of at least 4 members (excludes halogenated alkanes) is 48. The molecule has 2 unspecified atom stereocenters. The molecule has 0 rings (SSSR count). The number of aliphatic hydroxyl groups is 2. The lowest BCUT2D eigenvalue weighted by Gasteiger charge is -2.20. The van der Waals surface area contributed by atoms with Crippen molar-refractivity contribution in [1.29, 1.82) is 0 Å². The molecule has 442 valence electrons. The topological polar surface area (TPSA) is 95.9 Å². The molecule has 1 amide bonds. The molecule has 0 aliphatic rings. The molecule has 75 heavy (non-hydrogen) atoms. The van der Waals surface area contributed by atoms with Crippen molar-refractivity contribution in [3.8, 4) is 0 Å². The molecule has 0 aliphatic heterocycles. The lowest BCUT2D eigenvalue weighted by Crippen LogP contribution is -2.45. The van der Waals surface area contributed by atoms with Gasteiger partial charge in [-0.15, -0.1) is 0 Å². The maximum Gasteiger partial charge on any atom is 0.305 e. The molecule has 0 saturated carbocycles. The number of allylic oxidation sites excluding steroid dienone is 5. The monoisotopic (exact) mass is 1050 g/mol. The third-order valence-corrected chi connectivity index (χ3v) is 15.7. The number of hydrogen-bond acceptors (Lipinski definition) is 5. The molecule has 0 aliphatic carbocycles. The average Bonchev–Trinajstić information content (AvgIpc) is 3.41. The van der Waals surface area contributed by atoms with E-state index in [0.29, 0.717) is 19.4 Å². The van der Waals surface area contributed by atoms with Crippen LogP contribution in [0.5, 0.6) is 0 Å². The van der Waals surface area contributed by atoms with E-state index in [4.69, 9.17) is 4.74 Å². The van der Waals surface area contributed by atoms with Gasteiger partial charge in [-0.3, -0.25) is 9.59 Å². The number of carbonyl (C=O) groups excluding carboxylic acids is 2. The standard InChI is InChI=1S/C69H131NO5/c1-3-5-7-9-11-13-15-17-18-19-32-35-39-43-47-51-55-59-63-69(74)75-64-60-56-52-48-44-40-36-33-30-28-26-24-22-20-21-23-25-27-29-31-34-38-42-46-50-54-58-62-68(73)70-66(65-71)67(72)61-57-53-49-45-41-37-16-14-12-10-8-6-4-2/h13,15,18-19,57,61,66-67,71-72H,3-12,14,16-17,20-56,58-60,62-65H2,1-2H3,(H,70,73)/b15-13-,19-18-,61-57+. The van der Waals surface area contributed by atoms with Gasteiger partial charge in [-0.2, -0.15) is 0 Å². The molecule has 3 N–H and O–H groups in total. The van der Waals surface area contributed by atoms with Gasteiger partial charge in [-0.1, -0.05) is 326 Å².